The molecule has 25 heavy (non-hydrogen) atoms. The van der Waals surface area contributed by atoms with Crippen molar-refractivity contribution >= 4 is 43.9 Å². The molecular formula is C19H22O3Si3. The van der Waals surface area contributed by atoms with Gasteiger partial charge in [0.2, 0.25) is 0 Å². The number of hydrogen-bond donors (Lipinski definition) is 0. The van der Waals surface area contributed by atoms with E-state index in [2.05, 4.69) is 36.4 Å². The summed E-state index contributed by atoms with van der Waals surface area (Å²) in [5.41, 5.74) is 0. The van der Waals surface area contributed by atoms with E-state index in [9.17, 15) is 0 Å². The molecule has 0 aliphatic heterocycles. The van der Waals surface area contributed by atoms with Crippen molar-refractivity contribution in [3.63, 3.8) is 0 Å². The molecule has 0 aliphatic rings. The fourth-order valence-electron chi connectivity index (χ4n) is 2.59. The zero-order valence-electron chi connectivity index (χ0n) is 14.3. The summed E-state index contributed by atoms with van der Waals surface area (Å²) < 4.78 is 18.8. The van der Waals surface area contributed by atoms with E-state index in [4.69, 9.17) is 12.7 Å². The molecule has 3 aromatic rings. The summed E-state index contributed by atoms with van der Waals surface area (Å²) in [7, 11) is -3.05. The molecule has 128 valence electrons. The molecule has 0 amide bonds. The minimum atomic E-state index is -2.89. The molecule has 0 saturated carbocycles. The van der Waals surface area contributed by atoms with Gasteiger partial charge >= 0.3 is 8.80 Å². The van der Waals surface area contributed by atoms with Gasteiger partial charge in [0, 0.05) is 12.3 Å². The van der Waals surface area contributed by atoms with Crippen LogP contribution in [-0.4, -0.2) is 35.4 Å². The van der Waals surface area contributed by atoms with E-state index >= 15 is 0 Å². The Labute approximate surface area is 154 Å². The average molecular weight is 383 g/mol. The van der Waals surface area contributed by atoms with Crippen molar-refractivity contribution in [3.05, 3.63) is 91.0 Å². The molecule has 0 aliphatic carbocycles. The van der Waals surface area contributed by atoms with Crippen LogP contribution in [0.1, 0.15) is 0 Å². The third kappa shape index (κ3) is 4.85. The van der Waals surface area contributed by atoms with Gasteiger partial charge in [0.15, 0.2) is 19.5 Å². The zero-order valence-corrected chi connectivity index (χ0v) is 18.1. The van der Waals surface area contributed by atoms with E-state index in [1.54, 1.807) is 7.11 Å². The average Bonchev–Trinajstić information content (AvgIpc) is 2.71. The Morgan fingerprint density at radius 1 is 0.600 bits per heavy atom. The van der Waals surface area contributed by atoms with Gasteiger partial charge in [-0.25, -0.2) is 0 Å². The molecule has 3 nitrogen and oxygen atoms in total. The van der Waals surface area contributed by atoms with Crippen LogP contribution in [0.5, 0.6) is 0 Å². The summed E-state index contributed by atoms with van der Waals surface area (Å²) in [6.45, 7) is 0. The topological polar surface area (TPSA) is 27.7 Å². The first-order valence-corrected chi connectivity index (χ1v) is 12.6. The van der Waals surface area contributed by atoms with Crippen LogP contribution in [0.4, 0.5) is 0 Å². The molecule has 0 N–H and O–H groups in total. The normalized spacial score (nSPS) is 14.3. The lowest BCUT2D eigenvalue weighted by molar-refractivity contribution is 0.234. The highest BCUT2D eigenvalue weighted by Gasteiger charge is 2.41. The first-order valence-electron chi connectivity index (χ1n) is 8.29. The van der Waals surface area contributed by atoms with Gasteiger partial charge in [-0.2, -0.15) is 0 Å². The highest BCUT2D eigenvalue weighted by atomic mass is 28.4. The van der Waals surface area contributed by atoms with Crippen LogP contribution in [0.25, 0.3) is 0 Å². The second-order valence-corrected chi connectivity index (χ2v) is 12.3. The van der Waals surface area contributed by atoms with Gasteiger partial charge in [-0.3, -0.25) is 0 Å². The van der Waals surface area contributed by atoms with Crippen LogP contribution < -0.4 is 15.6 Å². The molecule has 6 heteroatoms. The second-order valence-electron chi connectivity index (χ2n) is 5.67. The molecule has 0 saturated heterocycles. The Bertz CT molecular complexity index is 711. The van der Waals surface area contributed by atoms with Crippen molar-refractivity contribution in [3.8, 4) is 0 Å². The quantitative estimate of drug-likeness (QED) is 0.526. The van der Waals surface area contributed by atoms with Gasteiger partial charge in [0.05, 0.1) is 0 Å². The summed E-state index contributed by atoms with van der Waals surface area (Å²) in [5, 5.41) is 3.53. The lowest BCUT2D eigenvalue weighted by Crippen LogP contribution is -2.59. The maximum absolute atomic E-state index is 6.44. The monoisotopic (exact) mass is 382 g/mol. The van der Waals surface area contributed by atoms with E-state index in [-0.39, 0.29) is 0 Å². The minimum absolute atomic E-state index is 0.937. The van der Waals surface area contributed by atoms with Crippen LogP contribution in [0, 0.1) is 0 Å². The minimum Gasteiger partial charge on any atom is -0.414 e. The van der Waals surface area contributed by atoms with E-state index < -0.39 is 28.3 Å². The standard InChI is InChI=1S/C19H22O3Si3/c1-20-25(19-15-9-4-10-16-19,21-23-17-11-5-2-6-12-17)22-24-18-13-7-3-8-14-18/h2-16H,23-24H2,1H3. The van der Waals surface area contributed by atoms with E-state index in [1.165, 1.54) is 10.4 Å². The highest BCUT2D eigenvalue weighted by molar-refractivity contribution is 6.84. The molecule has 0 unspecified atom stereocenters. The maximum Gasteiger partial charge on any atom is 0.515 e. The predicted octanol–water partition coefficient (Wildman–Crippen LogP) is 0.331. The summed E-state index contributed by atoms with van der Waals surface area (Å²) in [5.74, 6) is 0. The third-order valence-corrected chi connectivity index (χ3v) is 11.3. The van der Waals surface area contributed by atoms with Crippen LogP contribution >= 0.6 is 0 Å². The number of benzene rings is 3. The Kier molecular flexibility index (Phi) is 6.51. The molecule has 0 aromatic heterocycles. The fraction of sp³-hybridized carbons (Fsp3) is 0.0526. The van der Waals surface area contributed by atoms with Gasteiger partial charge in [-0.1, -0.05) is 91.0 Å². The van der Waals surface area contributed by atoms with E-state index in [1.807, 2.05) is 54.6 Å². The smallest absolute Gasteiger partial charge is 0.414 e. The fourth-order valence-corrected chi connectivity index (χ4v) is 10.6. The number of rotatable bonds is 8. The van der Waals surface area contributed by atoms with Crippen molar-refractivity contribution in [1.82, 2.24) is 0 Å². The van der Waals surface area contributed by atoms with Gasteiger partial charge in [-0.05, 0) is 10.4 Å². The van der Waals surface area contributed by atoms with Gasteiger partial charge in [-0.15, -0.1) is 0 Å². The van der Waals surface area contributed by atoms with Crippen molar-refractivity contribution in [2.24, 2.45) is 0 Å². The van der Waals surface area contributed by atoms with E-state index in [0.717, 1.165) is 5.19 Å². The Balaban J connectivity index is 1.81. The Morgan fingerprint density at radius 3 is 1.40 bits per heavy atom. The first-order chi connectivity index (χ1) is 12.3. The van der Waals surface area contributed by atoms with Crippen molar-refractivity contribution in [2.45, 2.75) is 0 Å². The van der Waals surface area contributed by atoms with Crippen molar-refractivity contribution < 1.29 is 12.7 Å². The summed E-state index contributed by atoms with van der Waals surface area (Å²) in [6, 6.07) is 30.8. The van der Waals surface area contributed by atoms with Crippen LogP contribution in [0.3, 0.4) is 0 Å². The zero-order chi connectivity index (χ0) is 17.4. The SMILES string of the molecule is CO[Si](O[SiH2]c1ccccc1)(O[SiH2]c1ccccc1)c1ccccc1. The first kappa shape index (κ1) is 18.0. The molecule has 0 radical (unpaired) electrons. The summed E-state index contributed by atoms with van der Waals surface area (Å²) >= 11 is 0. The van der Waals surface area contributed by atoms with Crippen molar-refractivity contribution in [2.75, 3.05) is 7.11 Å². The molecule has 3 aromatic carbocycles. The highest BCUT2D eigenvalue weighted by Crippen LogP contribution is 2.08. The molecular weight excluding hydrogens is 360 g/mol. The maximum atomic E-state index is 6.44. The molecule has 0 spiro atoms. The third-order valence-electron chi connectivity index (χ3n) is 3.94. The summed E-state index contributed by atoms with van der Waals surface area (Å²) in [6.07, 6.45) is 0. The largest absolute Gasteiger partial charge is 0.515 e. The van der Waals surface area contributed by atoms with Gasteiger partial charge < -0.3 is 12.7 Å². The molecule has 3 rings (SSSR count). The van der Waals surface area contributed by atoms with Crippen LogP contribution in [0.2, 0.25) is 0 Å². The second kappa shape index (κ2) is 9.05. The van der Waals surface area contributed by atoms with E-state index in [0.29, 0.717) is 0 Å². The molecule has 0 heterocycles. The van der Waals surface area contributed by atoms with Crippen LogP contribution in [-0.2, 0) is 12.7 Å². The molecule has 0 bridgehead atoms. The summed E-state index contributed by atoms with van der Waals surface area (Å²) in [4.78, 5) is 0. The predicted molar refractivity (Wildman–Crippen MR) is 110 cm³/mol. The Morgan fingerprint density at radius 2 is 1.00 bits per heavy atom. The van der Waals surface area contributed by atoms with Crippen LogP contribution in [0.15, 0.2) is 91.0 Å². The van der Waals surface area contributed by atoms with Crippen molar-refractivity contribution in [1.29, 1.82) is 0 Å². The number of hydrogen-bond acceptors (Lipinski definition) is 3. The molecule has 0 atom stereocenters. The Hall–Kier alpha value is -1.81. The lowest BCUT2D eigenvalue weighted by Gasteiger charge is -2.29. The molecule has 0 fully saturated rings. The van der Waals surface area contributed by atoms with Gasteiger partial charge in [0.25, 0.3) is 0 Å². The lowest BCUT2D eigenvalue weighted by atomic mass is 10.4. The van der Waals surface area contributed by atoms with Gasteiger partial charge in [0.1, 0.15) is 0 Å².